The van der Waals surface area contributed by atoms with E-state index in [0.29, 0.717) is 17.7 Å². The number of imidazole rings is 1. The Kier molecular flexibility index (Phi) is 2.79. The predicted octanol–water partition coefficient (Wildman–Crippen LogP) is 4.04. The highest BCUT2D eigenvalue weighted by Gasteiger charge is 2.29. The maximum Gasteiger partial charge on any atom is 0.197 e. The summed E-state index contributed by atoms with van der Waals surface area (Å²) in [4.78, 5) is 17.4. The van der Waals surface area contributed by atoms with Crippen molar-refractivity contribution in [3.63, 3.8) is 0 Å². The van der Waals surface area contributed by atoms with Crippen molar-refractivity contribution >= 4 is 38.3 Å². The van der Waals surface area contributed by atoms with Crippen LogP contribution in [0.3, 0.4) is 0 Å². The van der Waals surface area contributed by atoms with Crippen LogP contribution in [0.15, 0.2) is 59.1 Å². The number of Topliss-reactive ketones (excluding diaryl/α,β-unsaturated/α-hetero) is 1. The van der Waals surface area contributed by atoms with E-state index < -0.39 is 0 Å². The zero-order chi connectivity index (χ0) is 14.4. The van der Waals surface area contributed by atoms with Crippen molar-refractivity contribution in [2.24, 2.45) is 0 Å². The van der Waals surface area contributed by atoms with Gasteiger partial charge in [-0.1, -0.05) is 58.4 Å². The first-order chi connectivity index (χ1) is 10.3. The quantitative estimate of drug-likeness (QED) is 0.661. The summed E-state index contributed by atoms with van der Waals surface area (Å²) in [6.07, 6.45) is 0. The second kappa shape index (κ2) is 4.67. The van der Waals surface area contributed by atoms with Crippen LogP contribution in [0.1, 0.15) is 16.2 Å². The van der Waals surface area contributed by atoms with Crippen LogP contribution in [0, 0.1) is 0 Å². The molecule has 0 unspecified atom stereocenters. The molecule has 0 spiro atoms. The van der Waals surface area contributed by atoms with Gasteiger partial charge in [0.05, 0.1) is 23.2 Å². The van der Waals surface area contributed by atoms with Crippen LogP contribution >= 0.6 is 15.9 Å². The monoisotopic (exact) mass is 338 g/mol. The number of halogens is 1. The number of fused-ring (bicyclic) bond motifs is 3. The van der Waals surface area contributed by atoms with Gasteiger partial charge in [0.15, 0.2) is 5.78 Å². The van der Waals surface area contributed by atoms with Gasteiger partial charge in [-0.2, -0.15) is 0 Å². The van der Waals surface area contributed by atoms with E-state index in [2.05, 4.69) is 25.5 Å². The maximum atomic E-state index is 12.8. The highest BCUT2D eigenvalue weighted by atomic mass is 79.9. The molecule has 1 aliphatic rings. The molecule has 1 aliphatic heterocycles. The van der Waals surface area contributed by atoms with Gasteiger partial charge >= 0.3 is 0 Å². The Morgan fingerprint density at radius 2 is 1.76 bits per heavy atom. The molecule has 1 aromatic heterocycles. The lowest BCUT2D eigenvalue weighted by Crippen LogP contribution is -2.03. The molecule has 0 saturated heterocycles. The molecule has 21 heavy (non-hydrogen) atoms. The van der Waals surface area contributed by atoms with Crippen LogP contribution in [0.25, 0.3) is 16.6 Å². The molecule has 3 nitrogen and oxygen atoms in total. The van der Waals surface area contributed by atoms with Gasteiger partial charge < -0.3 is 4.57 Å². The number of nitrogens with zero attached hydrogens (tertiary/aromatic N) is 2. The summed E-state index contributed by atoms with van der Waals surface area (Å²) >= 11 is 3.55. The van der Waals surface area contributed by atoms with Crippen LogP contribution in [0.4, 0.5) is 0 Å². The van der Waals surface area contributed by atoms with E-state index in [0.717, 1.165) is 21.3 Å². The second-order valence-electron chi connectivity index (χ2n) is 4.99. The number of carbonyl (C=O) groups excluding carboxylic acids is 1. The minimum absolute atomic E-state index is 0.0107. The average molecular weight is 339 g/mol. The number of rotatable bonds is 2. The minimum atomic E-state index is 0.0107. The molecule has 0 fully saturated rings. The first-order valence-corrected chi connectivity index (χ1v) is 7.49. The van der Waals surface area contributed by atoms with Crippen molar-refractivity contribution in [1.82, 2.24) is 9.55 Å². The average Bonchev–Trinajstić information content (AvgIpc) is 3.02. The molecule has 0 atom stereocenters. The Labute approximate surface area is 130 Å². The summed E-state index contributed by atoms with van der Waals surface area (Å²) < 4.78 is 2.97. The number of hydrogen-bond acceptors (Lipinski definition) is 2. The molecule has 4 rings (SSSR count). The Morgan fingerprint density at radius 3 is 2.57 bits per heavy atom. The summed E-state index contributed by atoms with van der Waals surface area (Å²) in [6.45, 7) is 0.657. The molecule has 0 bridgehead atoms. The van der Waals surface area contributed by atoms with Crippen LogP contribution < -0.4 is 0 Å². The lowest BCUT2D eigenvalue weighted by molar-refractivity contribution is 0.105. The van der Waals surface area contributed by atoms with Crippen LogP contribution in [-0.2, 0) is 6.54 Å². The van der Waals surface area contributed by atoms with Gasteiger partial charge in [0.1, 0.15) is 5.82 Å². The van der Waals surface area contributed by atoms with Crippen LogP contribution in [0.2, 0.25) is 0 Å². The molecule has 0 radical (unpaired) electrons. The molecule has 4 heteroatoms. The van der Waals surface area contributed by atoms with E-state index >= 15 is 0 Å². The summed E-state index contributed by atoms with van der Waals surface area (Å²) in [7, 11) is 0. The number of para-hydroxylation sites is 2. The smallest absolute Gasteiger partial charge is 0.197 e. The fourth-order valence-corrected chi connectivity index (χ4v) is 3.33. The van der Waals surface area contributed by atoms with E-state index in [1.807, 2.05) is 54.6 Å². The Balaban J connectivity index is 1.88. The normalized spacial score (nSPS) is 13.8. The van der Waals surface area contributed by atoms with Crippen LogP contribution in [-0.4, -0.2) is 15.3 Å². The van der Waals surface area contributed by atoms with Gasteiger partial charge in [0.25, 0.3) is 0 Å². The Bertz CT molecular complexity index is 894. The van der Waals surface area contributed by atoms with Crippen molar-refractivity contribution in [2.75, 3.05) is 0 Å². The molecule has 0 saturated carbocycles. The number of carbonyl (C=O) groups is 1. The third-order valence-electron chi connectivity index (χ3n) is 3.71. The Morgan fingerprint density at radius 1 is 1.05 bits per heavy atom. The van der Waals surface area contributed by atoms with E-state index in [4.69, 9.17) is 0 Å². The molecule has 2 aromatic carbocycles. The number of benzene rings is 2. The predicted molar refractivity (Wildman–Crippen MR) is 86.4 cm³/mol. The van der Waals surface area contributed by atoms with E-state index in [-0.39, 0.29) is 5.78 Å². The third kappa shape index (κ3) is 1.87. The number of hydrogen-bond donors (Lipinski definition) is 0. The van der Waals surface area contributed by atoms with Crippen molar-refractivity contribution in [2.45, 2.75) is 6.54 Å². The maximum absolute atomic E-state index is 12.8. The van der Waals surface area contributed by atoms with E-state index in [9.17, 15) is 4.79 Å². The molecule has 2 heterocycles. The lowest BCUT2D eigenvalue weighted by Gasteiger charge is -2.02. The first-order valence-electron chi connectivity index (χ1n) is 6.70. The molecule has 0 amide bonds. The van der Waals surface area contributed by atoms with Gasteiger partial charge in [-0.15, -0.1) is 0 Å². The molecular weight excluding hydrogens is 328 g/mol. The van der Waals surface area contributed by atoms with Crippen LogP contribution in [0.5, 0.6) is 0 Å². The number of aromatic nitrogens is 2. The van der Waals surface area contributed by atoms with Gasteiger partial charge in [-0.05, 0) is 12.1 Å². The van der Waals surface area contributed by atoms with Crippen molar-refractivity contribution in [1.29, 1.82) is 0 Å². The number of allylic oxidation sites excluding steroid dienone is 2. The van der Waals surface area contributed by atoms with E-state index in [1.54, 1.807) is 0 Å². The first kappa shape index (κ1) is 12.5. The highest BCUT2D eigenvalue weighted by Crippen LogP contribution is 2.36. The van der Waals surface area contributed by atoms with Crippen molar-refractivity contribution in [3.8, 4) is 0 Å². The summed E-state index contributed by atoms with van der Waals surface area (Å²) in [5.74, 6) is 0.758. The SMILES string of the molecule is O=C(C1=C(Br)Cn2c1nc1ccccc12)c1ccccc1. The lowest BCUT2D eigenvalue weighted by atomic mass is 10.0. The van der Waals surface area contributed by atoms with Gasteiger partial charge in [-0.25, -0.2) is 4.98 Å². The minimum Gasteiger partial charge on any atom is -0.319 e. The molecule has 3 aromatic rings. The largest absolute Gasteiger partial charge is 0.319 e. The molecule has 102 valence electrons. The summed E-state index contributed by atoms with van der Waals surface area (Å²) in [5.41, 5.74) is 3.33. The fourth-order valence-electron chi connectivity index (χ4n) is 2.72. The standard InChI is InChI=1S/C17H11BrN2O/c18-12-10-20-14-9-5-4-8-13(14)19-17(20)15(12)16(21)11-6-2-1-3-7-11/h1-9H,10H2. The third-order valence-corrected chi connectivity index (χ3v) is 4.36. The van der Waals surface area contributed by atoms with Gasteiger partial charge in [-0.3, -0.25) is 4.79 Å². The second-order valence-corrected chi connectivity index (χ2v) is 5.94. The zero-order valence-electron chi connectivity index (χ0n) is 11.1. The summed E-state index contributed by atoms with van der Waals surface area (Å²) in [6, 6.07) is 17.3. The molecule has 0 N–H and O–H groups in total. The zero-order valence-corrected chi connectivity index (χ0v) is 12.7. The van der Waals surface area contributed by atoms with Gasteiger partial charge in [0, 0.05) is 10.0 Å². The molecular formula is C17H11BrN2O. The highest BCUT2D eigenvalue weighted by molar-refractivity contribution is 9.11. The van der Waals surface area contributed by atoms with E-state index in [1.165, 1.54) is 0 Å². The molecule has 0 aliphatic carbocycles. The Hall–Kier alpha value is -2.20. The number of ketones is 1. The summed E-state index contributed by atoms with van der Waals surface area (Å²) in [5, 5.41) is 0. The van der Waals surface area contributed by atoms with Gasteiger partial charge in [0.2, 0.25) is 0 Å². The fraction of sp³-hybridized carbons (Fsp3) is 0.0588. The topological polar surface area (TPSA) is 34.9 Å². The van der Waals surface area contributed by atoms with Crippen molar-refractivity contribution in [3.05, 3.63) is 70.5 Å². The van der Waals surface area contributed by atoms with Crippen molar-refractivity contribution < 1.29 is 4.79 Å².